The van der Waals surface area contributed by atoms with E-state index in [1.807, 2.05) is 24.3 Å². The van der Waals surface area contributed by atoms with Crippen LogP contribution in [0.1, 0.15) is 54.9 Å². The molecule has 0 aliphatic rings. The van der Waals surface area contributed by atoms with Crippen molar-refractivity contribution in [2.24, 2.45) is 0 Å². The molecule has 0 heterocycles. The van der Waals surface area contributed by atoms with Crippen molar-refractivity contribution in [3.05, 3.63) is 59.7 Å². The molecule has 2 aromatic rings. The molecule has 0 fully saturated rings. The number of ether oxygens (including phenoxy) is 2. The smallest absolute Gasteiger partial charge is 0.335 e. The van der Waals surface area contributed by atoms with Crippen LogP contribution in [0, 0.1) is 0 Å². The minimum Gasteiger partial charge on any atom is -0.494 e. The summed E-state index contributed by atoms with van der Waals surface area (Å²) < 4.78 is 11.4. The van der Waals surface area contributed by atoms with E-state index in [1.165, 1.54) is 37.8 Å². The third kappa shape index (κ3) is 6.87. The standard InChI is InChI=1S/C21H26O4/c1-2-3-4-5-6-15-24-19-11-7-17(8-12-19)16-25-20-13-9-18(10-14-20)21(22)23/h7-14H,2-6,15-16H2,1H3,(H,22,23). The Morgan fingerprint density at radius 1 is 0.840 bits per heavy atom. The zero-order valence-electron chi connectivity index (χ0n) is 14.7. The lowest BCUT2D eigenvalue weighted by Gasteiger charge is -2.09. The molecule has 0 aliphatic heterocycles. The number of carboxylic acid groups (broad SMARTS) is 1. The largest absolute Gasteiger partial charge is 0.494 e. The molecule has 1 N–H and O–H groups in total. The van der Waals surface area contributed by atoms with Gasteiger partial charge < -0.3 is 14.6 Å². The zero-order chi connectivity index (χ0) is 17.9. The number of hydrogen-bond donors (Lipinski definition) is 1. The molecule has 0 aromatic heterocycles. The Kier molecular flexibility index (Phi) is 7.83. The van der Waals surface area contributed by atoms with Gasteiger partial charge in [-0.1, -0.05) is 44.7 Å². The van der Waals surface area contributed by atoms with E-state index in [1.54, 1.807) is 12.1 Å². The summed E-state index contributed by atoms with van der Waals surface area (Å²) in [5, 5.41) is 8.87. The van der Waals surface area contributed by atoms with Crippen LogP contribution in [0.15, 0.2) is 48.5 Å². The first-order chi connectivity index (χ1) is 12.2. The topological polar surface area (TPSA) is 55.8 Å². The highest BCUT2D eigenvalue weighted by Gasteiger charge is 2.03. The van der Waals surface area contributed by atoms with Crippen LogP contribution >= 0.6 is 0 Å². The van der Waals surface area contributed by atoms with Crippen molar-refractivity contribution >= 4 is 5.97 Å². The maximum absolute atomic E-state index is 10.8. The van der Waals surface area contributed by atoms with Gasteiger partial charge in [-0.15, -0.1) is 0 Å². The Morgan fingerprint density at radius 2 is 1.44 bits per heavy atom. The fourth-order valence-electron chi connectivity index (χ4n) is 2.44. The van der Waals surface area contributed by atoms with Crippen LogP contribution in [0.3, 0.4) is 0 Å². The molecule has 25 heavy (non-hydrogen) atoms. The highest BCUT2D eigenvalue weighted by atomic mass is 16.5. The number of hydrogen-bond acceptors (Lipinski definition) is 3. The van der Waals surface area contributed by atoms with E-state index in [9.17, 15) is 4.79 Å². The lowest BCUT2D eigenvalue weighted by Crippen LogP contribution is -1.99. The van der Waals surface area contributed by atoms with Crippen LogP contribution in [0.25, 0.3) is 0 Å². The number of carboxylic acids is 1. The first kappa shape index (κ1) is 18.8. The predicted molar refractivity (Wildman–Crippen MR) is 98.4 cm³/mol. The lowest BCUT2D eigenvalue weighted by molar-refractivity contribution is 0.0697. The van der Waals surface area contributed by atoms with E-state index in [0.717, 1.165) is 24.3 Å². The fraction of sp³-hybridized carbons (Fsp3) is 0.381. The minimum absolute atomic E-state index is 0.253. The van der Waals surface area contributed by atoms with E-state index >= 15 is 0 Å². The molecule has 4 heteroatoms. The highest BCUT2D eigenvalue weighted by Crippen LogP contribution is 2.17. The van der Waals surface area contributed by atoms with Crippen molar-refractivity contribution in [2.45, 2.75) is 45.6 Å². The van der Waals surface area contributed by atoms with Gasteiger partial charge in [0.1, 0.15) is 18.1 Å². The Morgan fingerprint density at radius 3 is 2.08 bits per heavy atom. The molecular formula is C21H26O4. The maximum Gasteiger partial charge on any atom is 0.335 e. The van der Waals surface area contributed by atoms with Gasteiger partial charge in [-0.2, -0.15) is 0 Å². The SMILES string of the molecule is CCCCCCCOc1ccc(COc2ccc(C(=O)O)cc2)cc1. The van der Waals surface area contributed by atoms with E-state index in [-0.39, 0.29) is 5.56 Å². The van der Waals surface area contributed by atoms with Crippen molar-refractivity contribution < 1.29 is 19.4 Å². The maximum atomic E-state index is 10.8. The van der Waals surface area contributed by atoms with E-state index in [2.05, 4.69) is 6.92 Å². The number of benzene rings is 2. The molecule has 0 unspecified atom stereocenters. The monoisotopic (exact) mass is 342 g/mol. The summed E-state index contributed by atoms with van der Waals surface area (Å²) in [6.45, 7) is 3.41. The molecule has 0 aliphatic carbocycles. The summed E-state index contributed by atoms with van der Waals surface area (Å²) in [4.78, 5) is 10.8. The normalized spacial score (nSPS) is 10.4. The number of rotatable bonds is 11. The lowest BCUT2D eigenvalue weighted by atomic mass is 10.2. The Labute approximate surface area is 149 Å². The number of aromatic carboxylic acids is 1. The molecule has 2 aromatic carbocycles. The average molecular weight is 342 g/mol. The van der Waals surface area contributed by atoms with Gasteiger partial charge in [0.25, 0.3) is 0 Å². The van der Waals surface area contributed by atoms with E-state index in [4.69, 9.17) is 14.6 Å². The van der Waals surface area contributed by atoms with Gasteiger partial charge in [-0.3, -0.25) is 0 Å². The Balaban J connectivity index is 1.71. The molecule has 0 amide bonds. The molecule has 0 bridgehead atoms. The summed E-state index contributed by atoms with van der Waals surface area (Å²) in [7, 11) is 0. The summed E-state index contributed by atoms with van der Waals surface area (Å²) >= 11 is 0. The van der Waals surface area contributed by atoms with Crippen LogP contribution in [0.2, 0.25) is 0 Å². The van der Waals surface area contributed by atoms with Gasteiger partial charge in [-0.05, 0) is 48.4 Å². The third-order valence-corrected chi connectivity index (χ3v) is 3.95. The molecule has 0 spiro atoms. The third-order valence-electron chi connectivity index (χ3n) is 3.95. The zero-order valence-corrected chi connectivity index (χ0v) is 14.7. The second kappa shape index (κ2) is 10.4. The van der Waals surface area contributed by atoms with Crippen LogP contribution in [0.4, 0.5) is 0 Å². The van der Waals surface area contributed by atoms with Gasteiger partial charge in [0.05, 0.1) is 12.2 Å². The first-order valence-corrected chi connectivity index (χ1v) is 8.87. The van der Waals surface area contributed by atoms with Crippen LogP contribution in [-0.2, 0) is 6.61 Å². The summed E-state index contributed by atoms with van der Waals surface area (Å²) in [5.41, 5.74) is 1.29. The number of unbranched alkanes of at least 4 members (excludes halogenated alkanes) is 4. The Bertz CT molecular complexity index is 632. The molecule has 0 radical (unpaired) electrons. The second-order valence-corrected chi connectivity index (χ2v) is 6.02. The van der Waals surface area contributed by atoms with Gasteiger partial charge in [0.2, 0.25) is 0 Å². The molecular weight excluding hydrogens is 316 g/mol. The van der Waals surface area contributed by atoms with Crippen molar-refractivity contribution in [3.8, 4) is 11.5 Å². The van der Waals surface area contributed by atoms with E-state index < -0.39 is 5.97 Å². The van der Waals surface area contributed by atoms with E-state index in [0.29, 0.717) is 12.4 Å². The fourth-order valence-corrected chi connectivity index (χ4v) is 2.44. The van der Waals surface area contributed by atoms with Crippen molar-refractivity contribution in [1.82, 2.24) is 0 Å². The van der Waals surface area contributed by atoms with Crippen molar-refractivity contribution in [2.75, 3.05) is 6.61 Å². The Hall–Kier alpha value is -2.49. The molecule has 2 rings (SSSR count). The quantitative estimate of drug-likeness (QED) is 0.562. The van der Waals surface area contributed by atoms with Crippen molar-refractivity contribution in [1.29, 1.82) is 0 Å². The van der Waals surface area contributed by atoms with Crippen LogP contribution < -0.4 is 9.47 Å². The second-order valence-electron chi connectivity index (χ2n) is 6.02. The van der Waals surface area contributed by atoms with Gasteiger partial charge in [-0.25, -0.2) is 4.79 Å². The van der Waals surface area contributed by atoms with Gasteiger partial charge in [0.15, 0.2) is 0 Å². The van der Waals surface area contributed by atoms with Gasteiger partial charge in [0, 0.05) is 0 Å². The first-order valence-electron chi connectivity index (χ1n) is 8.87. The predicted octanol–water partition coefficient (Wildman–Crippen LogP) is 5.31. The summed E-state index contributed by atoms with van der Waals surface area (Å²) in [5.74, 6) is 0.593. The van der Waals surface area contributed by atoms with Crippen molar-refractivity contribution in [3.63, 3.8) is 0 Å². The molecule has 0 saturated heterocycles. The molecule has 0 saturated carbocycles. The molecule has 4 nitrogen and oxygen atoms in total. The summed E-state index contributed by atoms with van der Waals surface area (Å²) in [6.07, 6.45) is 6.16. The minimum atomic E-state index is -0.937. The molecule has 0 atom stereocenters. The summed E-state index contributed by atoms with van der Waals surface area (Å²) in [6, 6.07) is 14.3. The number of carbonyl (C=O) groups is 1. The van der Waals surface area contributed by atoms with Crippen LogP contribution in [-0.4, -0.2) is 17.7 Å². The highest BCUT2D eigenvalue weighted by molar-refractivity contribution is 5.87. The van der Waals surface area contributed by atoms with Crippen LogP contribution in [0.5, 0.6) is 11.5 Å². The average Bonchev–Trinajstić information content (AvgIpc) is 2.64. The molecule has 134 valence electrons. The van der Waals surface area contributed by atoms with Gasteiger partial charge >= 0.3 is 5.97 Å².